The molecule has 3 nitrogen and oxygen atoms in total. The molecule has 15 heavy (non-hydrogen) atoms. The molecule has 0 saturated heterocycles. The van der Waals surface area contributed by atoms with Crippen molar-refractivity contribution in [1.82, 2.24) is 9.78 Å². The second kappa shape index (κ2) is 4.12. The average molecular weight is 271 g/mol. The molecule has 0 spiro atoms. The van der Waals surface area contributed by atoms with E-state index >= 15 is 0 Å². The molecule has 2 aromatic rings. The maximum absolute atomic E-state index is 12.9. The lowest BCUT2D eigenvalue weighted by Crippen LogP contribution is -1.96. The lowest BCUT2D eigenvalue weighted by Gasteiger charge is -1.99. The third-order valence-electron chi connectivity index (χ3n) is 1.96. The van der Waals surface area contributed by atoms with Crippen molar-refractivity contribution < 1.29 is 9.50 Å². The Bertz CT molecular complexity index is 484. The zero-order valence-electron chi connectivity index (χ0n) is 7.69. The number of aliphatic hydroxyl groups is 1. The number of nitrogens with zero attached hydrogens (tertiary/aromatic N) is 2. The van der Waals surface area contributed by atoms with E-state index in [2.05, 4.69) is 21.0 Å². The molecule has 5 heteroatoms. The Morgan fingerprint density at radius 1 is 1.47 bits per heavy atom. The van der Waals surface area contributed by atoms with Gasteiger partial charge < -0.3 is 5.11 Å². The summed E-state index contributed by atoms with van der Waals surface area (Å²) in [6, 6.07) is 6.10. The molecule has 1 heterocycles. The van der Waals surface area contributed by atoms with Crippen molar-refractivity contribution in [1.29, 1.82) is 0 Å². The Labute approximate surface area is 94.3 Å². The number of aromatic nitrogens is 2. The SMILES string of the molecule is OCc1nn(-c2cccc(F)c2)cc1Br. The van der Waals surface area contributed by atoms with Gasteiger partial charge in [0.2, 0.25) is 0 Å². The fourth-order valence-corrected chi connectivity index (χ4v) is 1.65. The van der Waals surface area contributed by atoms with E-state index in [1.54, 1.807) is 18.3 Å². The fraction of sp³-hybridized carbons (Fsp3) is 0.100. The van der Waals surface area contributed by atoms with Crippen molar-refractivity contribution in [2.24, 2.45) is 0 Å². The zero-order valence-corrected chi connectivity index (χ0v) is 9.28. The van der Waals surface area contributed by atoms with Crippen molar-refractivity contribution in [2.45, 2.75) is 6.61 Å². The summed E-state index contributed by atoms with van der Waals surface area (Å²) < 4.78 is 15.2. The van der Waals surface area contributed by atoms with E-state index in [-0.39, 0.29) is 12.4 Å². The molecule has 0 saturated carbocycles. The minimum atomic E-state index is -0.315. The standard InChI is InChI=1S/C10H8BrFN2O/c11-9-5-14(13-10(9)6-15)8-3-1-2-7(12)4-8/h1-5,15H,6H2. The number of rotatable bonds is 2. The van der Waals surface area contributed by atoms with Gasteiger partial charge in [-0.3, -0.25) is 0 Å². The van der Waals surface area contributed by atoms with Crippen LogP contribution in [0.5, 0.6) is 0 Å². The predicted octanol–water partition coefficient (Wildman–Crippen LogP) is 2.27. The summed E-state index contributed by atoms with van der Waals surface area (Å²) in [4.78, 5) is 0. The second-order valence-electron chi connectivity index (χ2n) is 3.01. The van der Waals surface area contributed by atoms with E-state index < -0.39 is 0 Å². The molecule has 0 bridgehead atoms. The summed E-state index contributed by atoms with van der Waals surface area (Å²) in [5.41, 5.74) is 1.15. The van der Waals surface area contributed by atoms with Gasteiger partial charge in [-0.15, -0.1) is 0 Å². The van der Waals surface area contributed by atoms with Crippen LogP contribution in [0.1, 0.15) is 5.69 Å². The number of hydrogen-bond acceptors (Lipinski definition) is 2. The second-order valence-corrected chi connectivity index (χ2v) is 3.86. The smallest absolute Gasteiger partial charge is 0.125 e. The monoisotopic (exact) mass is 270 g/mol. The summed E-state index contributed by atoms with van der Waals surface area (Å²) in [7, 11) is 0. The van der Waals surface area contributed by atoms with Crippen molar-refractivity contribution >= 4 is 15.9 Å². The van der Waals surface area contributed by atoms with Crippen LogP contribution < -0.4 is 0 Å². The first kappa shape index (κ1) is 10.3. The zero-order chi connectivity index (χ0) is 10.8. The van der Waals surface area contributed by atoms with Crippen LogP contribution in [-0.4, -0.2) is 14.9 Å². The number of halogens is 2. The van der Waals surface area contributed by atoms with Crippen molar-refractivity contribution in [3.8, 4) is 5.69 Å². The maximum atomic E-state index is 12.9. The Morgan fingerprint density at radius 2 is 2.27 bits per heavy atom. The molecule has 0 aliphatic heterocycles. The Hall–Kier alpha value is -1.20. The molecule has 1 N–H and O–H groups in total. The van der Waals surface area contributed by atoms with Crippen LogP contribution in [0.3, 0.4) is 0 Å². The van der Waals surface area contributed by atoms with Crippen molar-refractivity contribution in [3.63, 3.8) is 0 Å². The Balaban J connectivity index is 2.45. The third-order valence-corrected chi connectivity index (χ3v) is 2.62. The molecule has 0 radical (unpaired) electrons. The summed E-state index contributed by atoms with van der Waals surface area (Å²) >= 11 is 3.26. The van der Waals surface area contributed by atoms with Gasteiger partial charge in [-0.2, -0.15) is 5.10 Å². The molecule has 1 aromatic heterocycles. The first-order valence-electron chi connectivity index (χ1n) is 4.31. The van der Waals surface area contributed by atoms with E-state index in [1.807, 2.05) is 0 Å². The van der Waals surface area contributed by atoms with Gasteiger partial charge in [-0.1, -0.05) is 6.07 Å². The minimum absolute atomic E-state index is 0.150. The van der Waals surface area contributed by atoms with E-state index in [4.69, 9.17) is 5.11 Å². The van der Waals surface area contributed by atoms with Gasteiger partial charge in [0.25, 0.3) is 0 Å². The third kappa shape index (κ3) is 2.08. The summed E-state index contributed by atoms with van der Waals surface area (Å²) in [5.74, 6) is -0.315. The first-order chi connectivity index (χ1) is 7.20. The van der Waals surface area contributed by atoms with Gasteiger partial charge in [0, 0.05) is 6.20 Å². The largest absolute Gasteiger partial charge is 0.390 e. The fourth-order valence-electron chi connectivity index (χ4n) is 1.25. The average Bonchev–Trinajstić information content (AvgIpc) is 2.60. The van der Waals surface area contributed by atoms with Gasteiger partial charge in [0.05, 0.1) is 16.8 Å². The number of benzene rings is 1. The van der Waals surface area contributed by atoms with Gasteiger partial charge in [0.15, 0.2) is 0 Å². The highest BCUT2D eigenvalue weighted by Crippen LogP contribution is 2.18. The lowest BCUT2D eigenvalue weighted by molar-refractivity contribution is 0.275. The van der Waals surface area contributed by atoms with Crippen LogP contribution in [0.15, 0.2) is 34.9 Å². The Morgan fingerprint density at radius 3 is 2.87 bits per heavy atom. The number of hydrogen-bond donors (Lipinski definition) is 1. The molecular formula is C10H8BrFN2O. The lowest BCUT2D eigenvalue weighted by atomic mass is 10.3. The summed E-state index contributed by atoms with van der Waals surface area (Å²) in [5, 5.41) is 13.0. The van der Waals surface area contributed by atoms with Gasteiger partial charge in [-0.05, 0) is 34.1 Å². The Kier molecular flexibility index (Phi) is 2.83. The molecule has 0 atom stereocenters. The summed E-state index contributed by atoms with van der Waals surface area (Å²) in [6.07, 6.45) is 1.68. The van der Waals surface area contributed by atoms with Crippen molar-refractivity contribution in [2.75, 3.05) is 0 Å². The molecule has 0 fully saturated rings. The van der Waals surface area contributed by atoms with Crippen LogP contribution in [0.4, 0.5) is 4.39 Å². The van der Waals surface area contributed by atoms with E-state index in [1.165, 1.54) is 16.8 Å². The molecule has 78 valence electrons. The van der Waals surface area contributed by atoms with E-state index in [0.717, 1.165) is 0 Å². The molecule has 0 amide bonds. The summed E-state index contributed by atoms with van der Waals surface area (Å²) in [6.45, 7) is -0.150. The topological polar surface area (TPSA) is 38.1 Å². The normalized spacial score (nSPS) is 10.6. The molecule has 1 aromatic carbocycles. The highest BCUT2D eigenvalue weighted by Gasteiger charge is 2.06. The van der Waals surface area contributed by atoms with E-state index in [9.17, 15) is 4.39 Å². The maximum Gasteiger partial charge on any atom is 0.125 e. The number of aliphatic hydroxyl groups excluding tert-OH is 1. The van der Waals surface area contributed by atoms with Crippen LogP contribution in [0.25, 0.3) is 5.69 Å². The van der Waals surface area contributed by atoms with Gasteiger partial charge >= 0.3 is 0 Å². The van der Waals surface area contributed by atoms with Gasteiger partial charge in [0.1, 0.15) is 11.5 Å². The first-order valence-corrected chi connectivity index (χ1v) is 5.11. The van der Waals surface area contributed by atoms with Crippen molar-refractivity contribution in [3.05, 3.63) is 46.4 Å². The van der Waals surface area contributed by atoms with Crippen LogP contribution in [0.2, 0.25) is 0 Å². The quantitative estimate of drug-likeness (QED) is 0.909. The molecular weight excluding hydrogens is 263 g/mol. The highest BCUT2D eigenvalue weighted by atomic mass is 79.9. The van der Waals surface area contributed by atoms with E-state index in [0.29, 0.717) is 15.9 Å². The van der Waals surface area contributed by atoms with Crippen LogP contribution in [0, 0.1) is 5.82 Å². The van der Waals surface area contributed by atoms with Gasteiger partial charge in [-0.25, -0.2) is 9.07 Å². The molecule has 0 unspecified atom stereocenters. The molecule has 0 aliphatic carbocycles. The minimum Gasteiger partial charge on any atom is -0.390 e. The molecule has 0 aliphatic rings. The van der Waals surface area contributed by atoms with Crippen LogP contribution in [-0.2, 0) is 6.61 Å². The molecule has 2 rings (SSSR count). The van der Waals surface area contributed by atoms with Crippen LogP contribution >= 0.6 is 15.9 Å². The highest BCUT2D eigenvalue weighted by molar-refractivity contribution is 9.10. The predicted molar refractivity (Wildman–Crippen MR) is 57.1 cm³/mol.